The van der Waals surface area contributed by atoms with Crippen molar-refractivity contribution in [1.29, 1.82) is 0 Å². The van der Waals surface area contributed by atoms with E-state index in [1.807, 2.05) is 6.92 Å². The number of halogens is 4. The topological polar surface area (TPSA) is 35.6 Å². The highest BCUT2D eigenvalue weighted by atomic mass is 35.5. The van der Waals surface area contributed by atoms with Gasteiger partial charge in [-0.2, -0.15) is 5.10 Å². The fourth-order valence-electron chi connectivity index (χ4n) is 2.39. The molecule has 4 nitrogen and oxygen atoms in total. The summed E-state index contributed by atoms with van der Waals surface area (Å²) in [5.41, 5.74) is 2.64. The zero-order valence-electron chi connectivity index (χ0n) is 11.2. The van der Waals surface area contributed by atoms with Gasteiger partial charge in [0.25, 0.3) is 0 Å². The van der Waals surface area contributed by atoms with Crippen molar-refractivity contribution >= 4 is 46.0 Å². The van der Waals surface area contributed by atoms with E-state index in [9.17, 15) is 4.39 Å². The van der Waals surface area contributed by atoms with Gasteiger partial charge in [0.05, 0.1) is 27.3 Å². The smallest absolute Gasteiger partial charge is 0.163 e. The van der Waals surface area contributed by atoms with E-state index in [1.54, 1.807) is 16.3 Å². The maximum Gasteiger partial charge on any atom is 0.163 e. The molecular weight excluding hydrogens is 338 g/mol. The van der Waals surface area contributed by atoms with Gasteiger partial charge >= 0.3 is 0 Å². The van der Waals surface area contributed by atoms with Crippen molar-refractivity contribution in [3.63, 3.8) is 0 Å². The molecule has 0 aliphatic carbocycles. The average Bonchev–Trinajstić information content (AvgIpc) is 2.88. The lowest BCUT2D eigenvalue weighted by Crippen LogP contribution is -2.06. The van der Waals surface area contributed by atoms with Crippen LogP contribution in [0.5, 0.6) is 0 Å². The van der Waals surface area contributed by atoms with Crippen molar-refractivity contribution in [2.45, 2.75) is 12.8 Å². The van der Waals surface area contributed by atoms with Crippen LogP contribution in [0.25, 0.3) is 16.9 Å². The van der Waals surface area contributed by atoms with E-state index in [0.29, 0.717) is 22.7 Å². The van der Waals surface area contributed by atoms with Crippen LogP contribution < -0.4 is 0 Å². The molecule has 0 saturated carbocycles. The van der Waals surface area contributed by atoms with Gasteiger partial charge in [-0.1, -0.05) is 23.2 Å². The predicted molar refractivity (Wildman–Crippen MR) is 82.1 cm³/mol. The predicted octanol–water partition coefficient (Wildman–Crippen LogP) is 4.25. The van der Waals surface area contributed by atoms with Crippen LogP contribution in [0.3, 0.4) is 0 Å². The van der Waals surface area contributed by atoms with Gasteiger partial charge < -0.3 is 0 Å². The van der Waals surface area contributed by atoms with E-state index in [-0.39, 0.29) is 15.9 Å². The Labute approximate surface area is 135 Å². The molecule has 0 saturated heterocycles. The third kappa shape index (κ3) is 2.20. The summed E-state index contributed by atoms with van der Waals surface area (Å²) in [5, 5.41) is 4.69. The zero-order valence-corrected chi connectivity index (χ0v) is 13.4. The minimum absolute atomic E-state index is 0.165. The monoisotopic (exact) mass is 346 g/mol. The van der Waals surface area contributed by atoms with Crippen LogP contribution in [0.1, 0.15) is 11.5 Å². The Morgan fingerprint density at radius 3 is 2.43 bits per heavy atom. The summed E-state index contributed by atoms with van der Waals surface area (Å²) in [5.74, 6) is 0.231. The van der Waals surface area contributed by atoms with Crippen molar-refractivity contribution in [2.24, 2.45) is 7.05 Å². The molecular formula is C13H10Cl3FN4. The Hall–Kier alpha value is -1.30. The zero-order chi connectivity index (χ0) is 15.3. The minimum atomic E-state index is -0.501. The fourth-order valence-corrected chi connectivity index (χ4v) is 3.20. The molecule has 8 heteroatoms. The standard InChI is InChI=1S/C13H10Cl3FN4/c1-6-11-13(20(2)19-6)21(10(5-14)18-11)12-8(15)3-7(17)4-9(12)16/h3-4H,5H2,1-2H3. The van der Waals surface area contributed by atoms with E-state index in [1.165, 1.54) is 12.1 Å². The average molecular weight is 348 g/mol. The number of alkyl halides is 1. The second kappa shape index (κ2) is 5.16. The van der Waals surface area contributed by atoms with Gasteiger partial charge in [0, 0.05) is 7.05 Å². The third-order valence-electron chi connectivity index (χ3n) is 3.20. The molecule has 0 aliphatic heterocycles. The number of aryl methyl sites for hydroxylation is 2. The Bertz CT molecular complexity index is 830. The first-order chi connectivity index (χ1) is 9.93. The van der Waals surface area contributed by atoms with Crippen molar-refractivity contribution < 1.29 is 4.39 Å². The number of imidazole rings is 1. The first-order valence-electron chi connectivity index (χ1n) is 6.05. The molecule has 2 heterocycles. The summed E-state index contributed by atoms with van der Waals surface area (Å²) in [6.45, 7) is 1.85. The number of fused-ring (bicyclic) bond motifs is 1. The highest BCUT2D eigenvalue weighted by Crippen LogP contribution is 2.34. The van der Waals surface area contributed by atoms with Crippen molar-refractivity contribution in [2.75, 3.05) is 0 Å². The van der Waals surface area contributed by atoms with E-state index < -0.39 is 5.82 Å². The number of hydrogen-bond donors (Lipinski definition) is 0. The van der Waals surface area contributed by atoms with Crippen LogP contribution in [0.15, 0.2) is 12.1 Å². The summed E-state index contributed by atoms with van der Waals surface area (Å²) in [6, 6.07) is 2.41. The first kappa shape index (κ1) is 14.6. The van der Waals surface area contributed by atoms with Gasteiger partial charge in [-0.25, -0.2) is 14.1 Å². The van der Waals surface area contributed by atoms with Crippen LogP contribution in [-0.4, -0.2) is 19.3 Å². The summed E-state index contributed by atoms with van der Waals surface area (Å²) in [7, 11) is 1.79. The molecule has 3 rings (SSSR count). The summed E-state index contributed by atoms with van der Waals surface area (Å²) in [4.78, 5) is 4.47. The largest absolute Gasteiger partial charge is 0.277 e. The van der Waals surface area contributed by atoms with Gasteiger partial charge in [-0.05, 0) is 19.1 Å². The lowest BCUT2D eigenvalue weighted by molar-refractivity contribution is 0.627. The van der Waals surface area contributed by atoms with Gasteiger partial charge in [0.15, 0.2) is 5.65 Å². The molecule has 21 heavy (non-hydrogen) atoms. The van der Waals surface area contributed by atoms with Crippen molar-refractivity contribution in [3.05, 3.63) is 39.5 Å². The molecule has 0 spiro atoms. The van der Waals surface area contributed by atoms with Crippen LogP contribution in [0, 0.1) is 12.7 Å². The van der Waals surface area contributed by atoms with Gasteiger partial charge in [0.1, 0.15) is 17.2 Å². The number of rotatable bonds is 2. The molecule has 2 aromatic heterocycles. The molecule has 0 atom stereocenters. The molecule has 3 aromatic rings. The summed E-state index contributed by atoms with van der Waals surface area (Å²) < 4.78 is 16.8. The maximum absolute atomic E-state index is 13.4. The molecule has 1 aromatic carbocycles. The molecule has 0 unspecified atom stereocenters. The Morgan fingerprint density at radius 2 is 1.86 bits per heavy atom. The lowest BCUT2D eigenvalue weighted by atomic mass is 10.3. The molecule has 0 radical (unpaired) electrons. The molecule has 0 aliphatic rings. The minimum Gasteiger partial charge on any atom is -0.277 e. The van der Waals surface area contributed by atoms with Crippen molar-refractivity contribution in [1.82, 2.24) is 19.3 Å². The Kier molecular flexibility index (Phi) is 3.59. The molecule has 0 N–H and O–H groups in total. The number of nitrogens with zero attached hydrogens (tertiary/aromatic N) is 4. The lowest BCUT2D eigenvalue weighted by Gasteiger charge is -2.12. The van der Waals surface area contributed by atoms with E-state index in [4.69, 9.17) is 34.8 Å². The second-order valence-electron chi connectivity index (χ2n) is 4.60. The van der Waals surface area contributed by atoms with Crippen LogP contribution >= 0.6 is 34.8 Å². The SMILES string of the molecule is Cc1nn(C)c2c1nc(CCl)n2-c1c(Cl)cc(F)cc1Cl. The molecule has 0 bridgehead atoms. The number of benzene rings is 1. The quantitative estimate of drug-likeness (QED) is 0.650. The third-order valence-corrected chi connectivity index (χ3v) is 4.01. The van der Waals surface area contributed by atoms with E-state index in [2.05, 4.69) is 10.1 Å². The second-order valence-corrected chi connectivity index (χ2v) is 5.68. The van der Waals surface area contributed by atoms with Gasteiger partial charge in [0.2, 0.25) is 0 Å². The Balaban J connectivity index is 2.44. The fraction of sp³-hybridized carbons (Fsp3) is 0.231. The van der Waals surface area contributed by atoms with E-state index in [0.717, 1.165) is 5.69 Å². The molecule has 0 amide bonds. The normalized spacial score (nSPS) is 11.5. The molecule has 0 fully saturated rings. The molecule has 110 valence electrons. The van der Waals surface area contributed by atoms with Crippen LogP contribution in [0.2, 0.25) is 10.0 Å². The summed E-state index contributed by atoms with van der Waals surface area (Å²) in [6.07, 6.45) is 0. The number of aromatic nitrogens is 4. The number of hydrogen-bond acceptors (Lipinski definition) is 2. The highest BCUT2D eigenvalue weighted by molar-refractivity contribution is 6.38. The van der Waals surface area contributed by atoms with Gasteiger partial charge in [-0.3, -0.25) is 4.57 Å². The van der Waals surface area contributed by atoms with Gasteiger partial charge in [-0.15, -0.1) is 11.6 Å². The van der Waals surface area contributed by atoms with Crippen molar-refractivity contribution in [3.8, 4) is 5.69 Å². The van der Waals surface area contributed by atoms with Crippen LogP contribution in [0.4, 0.5) is 4.39 Å². The highest BCUT2D eigenvalue weighted by Gasteiger charge is 2.22. The Morgan fingerprint density at radius 1 is 1.24 bits per heavy atom. The first-order valence-corrected chi connectivity index (χ1v) is 7.35. The maximum atomic E-state index is 13.4. The van der Waals surface area contributed by atoms with Crippen LogP contribution in [-0.2, 0) is 12.9 Å². The van der Waals surface area contributed by atoms with E-state index >= 15 is 0 Å². The summed E-state index contributed by atoms with van der Waals surface area (Å²) >= 11 is 18.3.